The summed E-state index contributed by atoms with van der Waals surface area (Å²) in [5.74, 6) is -0.661. The number of carbonyl (C=O) groups excluding carboxylic acids is 2. The summed E-state index contributed by atoms with van der Waals surface area (Å²) in [7, 11) is -3.22. The van der Waals surface area contributed by atoms with E-state index in [0.717, 1.165) is 11.8 Å². The van der Waals surface area contributed by atoms with Crippen LogP contribution < -0.4 is 11.1 Å². The topological polar surface area (TPSA) is 110 Å². The highest BCUT2D eigenvalue weighted by Crippen LogP contribution is 2.16. The van der Waals surface area contributed by atoms with Gasteiger partial charge in [-0.2, -0.15) is 0 Å². The maximum atomic E-state index is 12.0. The van der Waals surface area contributed by atoms with Crippen LogP contribution in [0.15, 0.2) is 29.2 Å². The minimum Gasteiger partial charge on any atom is -0.369 e. The van der Waals surface area contributed by atoms with Crippen LogP contribution >= 0.6 is 0 Å². The Morgan fingerprint density at radius 1 is 1.32 bits per heavy atom. The highest BCUT2D eigenvalue weighted by Gasteiger charge is 2.29. The zero-order valence-electron chi connectivity index (χ0n) is 12.3. The van der Waals surface area contributed by atoms with Crippen LogP contribution in [0, 0.1) is 5.92 Å². The van der Waals surface area contributed by atoms with E-state index in [9.17, 15) is 18.0 Å². The summed E-state index contributed by atoms with van der Waals surface area (Å²) in [5.41, 5.74) is 6.03. The van der Waals surface area contributed by atoms with Crippen molar-refractivity contribution in [3.63, 3.8) is 0 Å². The molecule has 8 heteroatoms. The molecule has 1 aliphatic rings. The van der Waals surface area contributed by atoms with E-state index in [1.54, 1.807) is 17.0 Å². The van der Waals surface area contributed by atoms with Gasteiger partial charge in [0.05, 0.1) is 10.8 Å². The molecule has 1 heterocycles. The maximum Gasteiger partial charge on any atom is 0.317 e. The zero-order chi connectivity index (χ0) is 16.3. The third kappa shape index (κ3) is 3.97. The summed E-state index contributed by atoms with van der Waals surface area (Å²) in [6.07, 6.45) is 1.73. The third-order valence-corrected chi connectivity index (χ3v) is 4.80. The van der Waals surface area contributed by atoms with Crippen LogP contribution in [0.25, 0.3) is 0 Å². The molecule has 1 aromatic rings. The first-order valence-corrected chi connectivity index (χ1v) is 8.77. The number of hydrogen-bond donors (Lipinski definition) is 2. The first-order chi connectivity index (χ1) is 10.3. The van der Waals surface area contributed by atoms with E-state index in [2.05, 4.69) is 5.32 Å². The van der Waals surface area contributed by atoms with E-state index in [0.29, 0.717) is 26.1 Å². The lowest BCUT2D eigenvalue weighted by molar-refractivity contribution is -0.121. The van der Waals surface area contributed by atoms with Crippen molar-refractivity contribution in [3.05, 3.63) is 29.8 Å². The van der Waals surface area contributed by atoms with Gasteiger partial charge in [0.25, 0.3) is 0 Å². The van der Waals surface area contributed by atoms with Crippen molar-refractivity contribution in [1.29, 1.82) is 0 Å². The fraction of sp³-hybridized carbons (Fsp3) is 0.429. The van der Waals surface area contributed by atoms with Crippen molar-refractivity contribution in [2.75, 3.05) is 19.3 Å². The lowest BCUT2D eigenvalue weighted by Crippen LogP contribution is -2.39. The Morgan fingerprint density at radius 3 is 2.45 bits per heavy atom. The van der Waals surface area contributed by atoms with E-state index in [1.807, 2.05) is 0 Å². The molecular weight excluding hydrogens is 306 g/mol. The Kier molecular flexibility index (Phi) is 4.70. The maximum absolute atomic E-state index is 12.0. The van der Waals surface area contributed by atoms with Crippen LogP contribution in [-0.2, 0) is 21.2 Å². The number of benzene rings is 1. The standard InChI is InChI=1S/C14H19N3O4S/c1-22(20,21)12-4-2-10(3-5-12)8-16-14(19)17-7-6-11(9-17)13(15)18/h2-5,11H,6-9H2,1H3,(H2,15,18)(H,16,19)/t11-/m1/s1. The van der Waals surface area contributed by atoms with Gasteiger partial charge in [0.1, 0.15) is 0 Å². The van der Waals surface area contributed by atoms with Crippen molar-refractivity contribution >= 4 is 21.8 Å². The van der Waals surface area contributed by atoms with Gasteiger partial charge in [-0.3, -0.25) is 4.79 Å². The SMILES string of the molecule is CS(=O)(=O)c1ccc(CNC(=O)N2CC[C@@H](C(N)=O)C2)cc1. The molecule has 1 fully saturated rings. The monoisotopic (exact) mass is 325 g/mol. The molecule has 22 heavy (non-hydrogen) atoms. The molecule has 0 aliphatic carbocycles. The summed E-state index contributed by atoms with van der Waals surface area (Å²) < 4.78 is 22.7. The number of nitrogens with one attached hydrogen (secondary N) is 1. The summed E-state index contributed by atoms with van der Waals surface area (Å²) in [4.78, 5) is 24.9. The van der Waals surface area contributed by atoms with Gasteiger partial charge in [-0.05, 0) is 24.1 Å². The van der Waals surface area contributed by atoms with Crippen molar-refractivity contribution in [2.24, 2.45) is 11.7 Å². The molecule has 0 bridgehead atoms. The van der Waals surface area contributed by atoms with Gasteiger partial charge in [0.15, 0.2) is 9.84 Å². The van der Waals surface area contributed by atoms with Crippen molar-refractivity contribution in [2.45, 2.75) is 17.9 Å². The number of primary amides is 1. The highest BCUT2D eigenvalue weighted by molar-refractivity contribution is 7.90. The van der Waals surface area contributed by atoms with Gasteiger partial charge < -0.3 is 16.0 Å². The lowest BCUT2D eigenvalue weighted by Gasteiger charge is -2.17. The number of sulfone groups is 1. The van der Waals surface area contributed by atoms with Crippen molar-refractivity contribution in [3.8, 4) is 0 Å². The molecule has 3 amide bonds. The quantitative estimate of drug-likeness (QED) is 0.818. The number of urea groups is 1. The van der Waals surface area contributed by atoms with E-state index >= 15 is 0 Å². The number of nitrogens with two attached hydrogens (primary N) is 1. The van der Waals surface area contributed by atoms with Crippen LogP contribution in [0.1, 0.15) is 12.0 Å². The van der Waals surface area contributed by atoms with Crippen molar-refractivity contribution in [1.82, 2.24) is 10.2 Å². The molecule has 0 saturated carbocycles. The van der Waals surface area contributed by atoms with Gasteiger partial charge in [0.2, 0.25) is 5.91 Å². The Bertz CT molecular complexity index is 670. The number of amides is 3. The largest absolute Gasteiger partial charge is 0.369 e. The molecule has 1 saturated heterocycles. The summed E-state index contributed by atoms with van der Waals surface area (Å²) in [6.45, 7) is 1.14. The number of nitrogens with zero attached hydrogens (tertiary/aromatic N) is 1. The van der Waals surface area contributed by atoms with Crippen LogP contribution in [0.4, 0.5) is 4.79 Å². The molecule has 120 valence electrons. The fourth-order valence-electron chi connectivity index (χ4n) is 2.32. The van der Waals surface area contributed by atoms with Crippen LogP contribution in [0.2, 0.25) is 0 Å². The van der Waals surface area contributed by atoms with E-state index in [1.165, 1.54) is 12.1 Å². The number of rotatable bonds is 4. The minimum absolute atomic E-state index is 0.242. The fourth-order valence-corrected chi connectivity index (χ4v) is 2.95. The Balaban J connectivity index is 1.88. The number of likely N-dealkylation sites (tertiary alicyclic amines) is 1. The third-order valence-electron chi connectivity index (χ3n) is 3.67. The normalized spacial score (nSPS) is 18.2. The molecule has 3 N–H and O–H groups in total. The molecule has 1 aliphatic heterocycles. The van der Waals surface area contributed by atoms with Crippen molar-refractivity contribution < 1.29 is 18.0 Å². The highest BCUT2D eigenvalue weighted by atomic mass is 32.2. The predicted molar refractivity (Wildman–Crippen MR) is 80.7 cm³/mol. The second kappa shape index (κ2) is 6.35. The zero-order valence-corrected chi connectivity index (χ0v) is 13.1. The second-order valence-corrected chi connectivity index (χ2v) is 7.42. The number of hydrogen-bond acceptors (Lipinski definition) is 4. The first kappa shape index (κ1) is 16.3. The molecule has 0 radical (unpaired) electrons. The van der Waals surface area contributed by atoms with Gasteiger partial charge in [-0.25, -0.2) is 13.2 Å². The van der Waals surface area contributed by atoms with E-state index < -0.39 is 9.84 Å². The molecule has 1 aromatic carbocycles. The Labute approximate surface area is 129 Å². The van der Waals surface area contributed by atoms with E-state index in [-0.39, 0.29) is 22.8 Å². The van der Waals surface area contributed by atoms with Gasteiger partial charge in [-0.15, -0.1) is 0 Å². The Hall–Kier alpha value is -2.09. The van der Waals surface area contributed by atoms with Crippen LogP contribution in [-0.4, -0.2) is 44.6 Å². The van der Waals surface area contributed by atoms with Crippen LogP contribution in [0.5, 0.6) is 0 Å². The Morgan fingerprint density at radius 2 is 1.95 bits per heavy atom. The smallest absolute Gasteiger partial charge is 0.317 e. The van der Waals surface area contributed by atoms with E-state index in [4.69, 9.17) is 5.73 Å². The molecular formula is C14H19N3O4S. The van der Waals surface area contributed by atoms with Gasteiger partial charge in [-0.1, -0.05) is 12.1 Å². The molecule has 0 spiro atoms. The van der Waals surface area contributed by atoms with Crippen LogP contribution in [0.3, 0.4) is 0 Å². The average molecular weight is 325 g/mol. The molecule has 0 unspecified atom stereocenters. The van der Waals surface area contributed by atoms with Gasteiger partial charge in [0, 0.05) is 25.9 Å². The molecule has 0 aromatic heterocycles. The lowest BCUT2D eigenvalue weighted by atomic mass is 10.1. The molecule has 2 rings (SSSR count). The second-order valence-electron chi connectivity index (χ2n) is 5.41. The van der Waals surface area contributed by atoms with Gasteiger partial charge >= 0.3 is 6.03 Å². The predicted octanol–water partition coefficient (Wildman–Crippen LogP) is 0.107. The molecule has 7 nitrogen and oxygen atoms in total. The first-order valence-electron chi connectivity index (χ1n) is 6.88. The number of carbonyl (C=O) groups is 2. The summed E-state index contributed by atoms with van der Waals surface area (Å²) in [5, 5.41) is 2.74. The molecule has 1 atom stereocenters. The summed E-state index contributed by atoms with van der Waals surface area (Å²) in [6, 6.07) is 6.08. The average Bonchev–Trinajstić information content (AvgIpc) is 2.94. The summed E-state index contributed by atoms with van der Waals surface area (Å²) >= 11 is 0. The minimum atomic E-state index is -3.22.